The van der Waals surface area contributed by atoms with Crippen molar-refractivity contribution < 1.29 is 17.9 Å². The van der Waals surface area contributed by atoms with E-state index in [1.54, 1.807) is 0 Å². The van der Waals surface area contributed by atoms with Crippen molar-refractivity contribution >= 4 is 5.95 Å². The summed E-state index contributed by atoms with van der Waals surface area (Å²) in [4.78, 5) is 7.43. The molecule has 134 valence electrons. The highest BCUT2D eigenvalue weighted by atomic mass is 19.4. The molecule has 4 nitrogen and oxygen atoms in total. The molecule has 2 atom stereocenters. The van der Waals surface area contributed by atoms with Crippen LogP contribution in [-0.2, 0) is 10.9 Å². The zero-order valence-corrected chi connectivity index (χ0v) is 13.9. The lowest BCUT2D eigenvalue weighted by Gasteiger charge is -2.32. The second kappa shape index (κ2) is 7.39. The molecule has 1 aliphatic rings. The van der Waals surface area contributed by atoms with Gasteiger partial charge in [0.25, 0.3) is 0 Å². The van der Waals surface area contributed by atoms with Crippen LogP contribution in [0.3, 0.4) is 0 Å². The molecule has 1 aromatic heterocycles. The number of benzene rings is 1. The molecule has 0 bridgehead atoms. The van der Waals surface area contributed by atoms with E-state index in [1.807, 2.05) is 31.2 Å². The van der Waals surface area contributed by atoms with Crippen LogP contribution in [0.2, 0.25) is 0 Å². The van der Waals surface area contributed by atoms with E-state index in [4.69, 9.17) is 4.74 Å². The predicted molar refractivity (Wildman–Crippen MR) is 88.1 cm³/mol. The number of alkyl halides is 3. The molecule has 0 spiro atoms. The first-order valence-corrected chi connectivity index (χ1v) is 8.26. The zero-order chi connectivity index (χ0) is 17.9. The molecule has 1 aromatic carbocycles. The van der Waals surface area contributed by atoms with E-state index in [9.17, 15) is 13.2 Å². The fourth-order valence-corrected chi connectivity index (χ4v) is 3.00. The number of hydrogen-bond donors (Lipinski definition) is 1. The van der Waals surface area contributed by atoms with Gasteiger partial charge in [0.15, 0.2) is 0 Å². The SMILES string of the molecule is Cc1ccc(C2OCCCC2CNc2nccc(C(F)(F)F)n2)cc1. The molecule has 0 amide bonds. The molecule has 2 aromatic rings. The van der Waals surface area contributed by atoms with Gasteiger partial charge in [0.05, 0.1) is 6.10 Å². The molecule has 3 rings (SSSR count). The van der Waals surface area contributed by atoms with E-state index in [-0.39, 0.29) is 18.0 Å². The number of aromatic nitrogens is 2. The van der Waals surface area contributed by atoms with Crippen molar-refractivity contribution in [2.45, 2.75) is 32.0 Å². The summed E-state index contributed by atoms with van der Waals surface area (Å²) in [5, 5.41) is 2.94. The van der Waals surface area contributed by atoms with Crippen LogP contribution in [0.1, 0.15) is 35.8 Å². The highest BCUT2D eigenvalue weighted by Gasteiger charge is 2.33. The van der Waals surface area contributed by atoms with Crippen molar-refractivity contribution in [3.63, 3.8) is 0 Å². The lowest BCUT2D eigenvalue weighted by Crippen LogP contribution is -2.29. The van der Waals surface area contributed by atoms with E-state index in [0.29, 0.717) is 13.2 Å². The van der Waals surface area contributed by atoms with Gasteiger partial charge in [0, 0.05) is 25.3 Å². The summed E-state index contributed by atoms with van der Waals surface area (Å²) in [6.07, 6.45) is -1.57. The molecule has 1 fully saturated rings. The average molecular weight is 351 g/mol. The smallest absolute Gasteiger partial charge is 0.373 e. The number of anilines is 1. The van der Waals surface area contributed by atoms with E-state index in [1.165, 1.54) is 5.56 Å². The average Bonchev–Trinajstić information content (AvgIpc) is 2.60. The summed E-state index contributed by atoms with van der Waals surface area (Å²) in [6, 6.07) is 9.02. The van der Waals surface area contributed by atoms with Gasteiger partial charge in [-0.2, -0.15) is 13.2 Å². The summed E-state index contributed by atoms with van der Waals surface area (Å²) in [5.74, 6) is 0.137. The van der Waals surface area contributed by atoms with Crippen LogP contribution >= 0.6 is 0 Å². The van der Waals surface area contributed by atoms with Gasteiger partial charge in [-0.25, -0.2) is 9.97 Å². The number of nitrogens with one attached hydrogen (secondary N) is 1. The number of nitrogens with zero attached hydrogens (tertiary/aromatic N) is 2. The molecule has 2 heterocycles. The van der Waals surface area contributed by atoms with Crippen molar-refractivity contribution in [1.29, 1.82) is 0 Å². The molecule has 0 aliphatic carbocycles. The van der Waals surface area contributed by atoms with Crippen molar-refractivity contribution in [3.05, 3.63) is 53.3 Å². The monoisotopic (exact) mass is 351 g/mol. The second-order valence-corrected chi connectivity index (χ2v) is 6.25. The maximum Gasteiger partial charge on any atom is 0.433 e. The predicted octanol–water partition coefficient (Wildman–Crippen LogP) is 4.38. The minimum Gasteiger partial charge on any atom is -0.373 e. The number of aryl methyl sites for hydroxylation is 1. The number of halogens is 3. The highest BCUT2D eigenvalue weighted by molar-refractivity contribution is 5.28. The Labute approximate surface area is 144 Å². The minimum absolute atomic E-state index is 0.0111. The Kier molecular flexibility index (Phi) is 5.22. The van der Waals surface area contributed by atoms with Gasteiger partial charge in [0.2, 0.25) is 5.95 Å². The van der Waals surface area contributed by atoms with Crippen LogP contribution in [0.15, 0.2) is 36.5 Å². The van der Waals surface area contributed by atoms with Crippen LogP contribution in [0, 0.1) is 12.8 Å². The Morgan fingerprint density at radius 2 is 1.96 bits per heavy atom. The molecule has 1 N–H and O–H groups in total. The summed E-state index contributed by atoms with van der Waals surface area (Å²) in [6.45, 7) is 3.17. The van der Waals surface area contributed by atoms with Crippen molar-refractivity contribution in [1.82, 2.24) is 9.97 Å². The van der Waals surface area contributed by atoms with Gasteiger partial charge in [-0.15, -0.1) is 0 Å². The molecule has 1 aliphatic heterocycles. The fraction of sp³-hybridized carbons (Fsp3) is 0.444. The Hall–Kier alpha value is -2.15. The Morgan fingerprint density at radius 3 is 2.68 bits per heavy atom. The van der Waals surface area contributed by atoms with Crippen molar-refractivity contribution in [2.75, 3.05) is 18.5 Å². The standard InChI is InChI=1S/C18H20F3N3O/c1-12-4-6-13(7-5-12)16-14(3-2-10-25-16)11-23-17-22-9-8-15(24-17)18(19,20)21/h4-9,14,16H,2-3,10-11H2,1H3,(H,22,23,24). The fourth-order valence-electron chi connectivity index (χ4n) is 3.00. The molecule has 7 heteroatoms. The van der Waals surface area contributed by atoms with E-state index in [2.05, 4.69) is 15.3 Å². The zero-order valence-electron chi connectivity index (χ0n) is 13.9. The van der Waals surface area contributed by atoms with Gasteiger partial charge < -0.3 is 10.1 Å². The molecule has 1 saturated heterocycles. The van der Waals surface area contributed by atoms with Crippen LogP contribution in [0.25, 0.3) is 0 Å². The third-order valence-corrected chi connectivity index (χ3v) is 4.32. The summed E-state index contributed by atoms with van der Waals surface area (Å²) < 4.78 is 44.1. The lowest BCUT2D eigenvalue weighted by atomic mass is 9.89. The minimum atomic E-state index is -4.47. The number of ether oxygens (including phenoxy) is 1. The first-order chi connectivity index (χ1) is 11.9. The van der Waals surface area contributed by atoms with Crippen LogP contribution in [0.5, 0.6) is 0 Å². The van der Waals surface area contributed by atoms with Crippen LogP contribution in [0.4, 0.5) is 19.1 Å². The first kappa shape index (κ1) is 17.7. The third kappa shape index (κ3) is 4.48. The van der Waals surface area contributed by atoms with Crippen LogP contribution < -0.4 is 5.32 Å². The Morgan fingerprint density at radius 1 is 1.20 bits per heavy atom. The maximum absolute atomic E-state index is 12.7. The number of rotatable bonds is 4. The Balaban J connectivity index is 1.69. The second-order valence-electron chi connectivity index (χ2n) is 6.25. The first-order valence-electron chi connectivity index (χ1n) is 8.26. The quantitative estimate of drug-likeness (QED) is 0.888. The Bertz CT molecular complexity index is 703. The summed E-state index contributed by atoms with van der Waals surface area (Å²) >= 11 is 0. The van der Waals surface area contributed by atoms with Gasteiger partial charge in [-0.1, -0.05) is 29.8 Å². The van der Waals surface area contributed by atoms with Gasteiger partial charge in [-0.05, 0) is 31.4 Å². The lowest BCUT2D eigenvalue weighted by molar-refractivity contribution is -0.141. The topological polar surface area (TPSA) is 47.0 Å². The van der Waals surface area contributed by atoms with Gasteiger partial charge in [-0.3, -0.25) is 0 Å². The molecule has 25 heavy (non-hydrogen) atoms. The molecule has 2 unspecified atom stereocenters. The van der Waals surface area contributed by atoms with Crippen molar-refractivity contribution in [3.8, 4) is 0 Å². The van der Waals surface area contributed by atoms with E-state index in [0.717, 1.165) is 30.7 Å². The number of hydrogen-bond acceptors (Lipinski definition) is 4. The molecular weight excluding hydrogens is 331 g/mol. The highest BCUT2D eigenvalue weighted by Crippen LogP contribution is 2.34. The van der Waals surface area contributed by atoms with E-state index >= 15 is 0 Å². The van der Waals surface area contributed by atoms with Crippen molar-refractivity contribution in [2.24, 2.45) is 5.92 Å². The van der Waals surface area contributed by atoms with Gasteiger partial charge >= 0.3 is 6.18 Å². The molecule has 0 radical (unpaired) electrons. The van der Waals surface area contributed by atoms with Crippen LogP contribution in [-0.4, -0.2) is 23.1 Å². The largest absolute Gasteiger partial charge is 0.433 e. The third-order valence-electron chi connectivity index (χ3n) is 4.32. The summed E-state index contributed by atoms with van der Waals surface area (Å²) in [7, 11) is 0. The molecular formula is C18H20F3N3O. The van der Waals surface area contributed by atoms with E-state index < -0.39 is 11.9 Å². The maximum atomic E-state index is 12.7. The normalized spacial score (nSPS) is 21.1. The summed E-state index contributed by atoms with van der Waals surface area (Å²) in [5.41, 5.74) is 1.31. The molecule has 0 saturated carbocycles. The van der Waals surface area contributed by atoms with Gasteiger partial charge in [0.1, 0.15) is 5.69 Å².